The van der Waals surface area contributed by atoms with Gasteiger partial charge in [0.1, 0.15) is 6.04 Å². The van der Waals surface area contributed by atoms with Gasteiger partial charge in [0.25, 0.3) is 0 Å². The number of amides is 2. The Morgan fingerprint density at radius 3 is 2.61 bits per heavy atom. The van der Waals surface area contributed by atoms with Crippen molar-refractivity contribution in [3.63, 3.8) is 0 Å². The van der Waals surface area contributed by atoms with E-state index >= 15 is 0 Å². The zero-order chi connectivity index (χ0) is 13.7. The topological polar surface area (TPSA) is 49.4 Å². The second kappa shape index (κ2) is 7.02. The highest BCUT2D eigenvalue weighted by Crippen LogP contribution is 2.18. The molecule has 2 amide bonds. The minimum atomic E-state index is -0.342. The summed E-state index contributed by atoms with van der Waals surface area (Å²) in [4.78, 5) is 25.8. The molecule has 3 atom stereocenters. The van der Waals surface area contributed by atoms with Crippen LogP contribution in [-0.2, 0) is 9.59 Å². The van der Waals surface area contributed by atoms with E-state index in [4.69, 9.17) is 0 Å². The number of thioether (sulfide) groups is 1. The molecular formula is C13H24N2O2S. The predicted molar refractivity (Wildman–Crippen MR) is 75.6 cm³/mol. The van der Waals surface area contributed by atoms with E-state index < -0.39 is 0 Å². The molecule has 0 spiro atoms. The number of hydrogen-bond acceptors (Lipinski definition) is 3. The van der Waals surface area contributed by atoms with E-state index in [1.807, 2.05) is 20.8 Å². The van der Waals surface area contributed by atoms with Crippen molar-refractivity contribution in [1.29, 1.82) is 0 Å². The fraction of sp³-hybridized carbons (Fsp3) is 0.846. The van der Waals surface area contributed by atoms with Crippen molar-refractivity contribution in [3.8, 4) is 0 Å². The molecule has 1 N–H and O–H groups in total. The van der Waals surface area contributed by atoms with E-state index in [1.54, 1.807) is 16.7 Å². The summed E-state index contributed by atoms with van der Waals surface area (Å²) in [5.41, 5.74) is 0. The molecule has 0 aromatic carbocycles. The van der Waals surface area contributed by atoms with Crippen LogP contribution in [0.25, 0.3) is 0 Å². The van der Waals surface area contributed by atoms with E-state index in [-0.39, 0.29) is 36.4 Å². The van der Waals surface area contributed by atoms with Gasteiger partial charge in [-0.05, 0) is 18.6 Å². The summed E-state index contributed by atoms with van der Waals surface area (Å²) >= 11 is 1.80. The van der Waals surface area contributed by atoms with E-state index in [0.717, 1.165) is 17.9 Å². The van der Waals surface area contributed by atoms with E-state index in [9.17, 15) is 9.59 Å². The van der Waals surface area contributed by atoms with E-state index in [1.165, 1.54) is 0 Å². The summed E-state index contributed by atoms with van der Waals surface area (Å²) < 4.78 is 0. The summed E-state index contributed by atoms with van der Waals surface area (Å²) in [6.45, 7) is 8.38. The molecule has 1 saturated heterocycles. The van der Waals surface area contributed by atoms with Crippen LogP contribution in [0.3, 0.4) is 0 Å². The smallest absolute Gasteiger partial charge is 0.246 e. The van der Waals surface area contributed by atoms with Gasteiger partial charge >= 0.3 is 0 Å². The normalized spacial score (nSPS) is 23.8. The lowest BCUT2D eigenvalue weighted by atomic mass is 9.95. The largest absolute Gasteiger partial charge is 0.342 e. The first-order valence-corrected chi connectivity index (χ1v) is 7.84. The van der Waals surface area contributed by atoms with Crippen molar-refractivity contribution in [3.05, 3.63) is 0 Å². The van der Waals surface area contributed by atoms with Crippen LogP contribution in [0.1, 0.15) is 34.1 Å². The van der Waals surface area contributed by atoms with Crippen molar-refractivity contribution in [2.45, 2.75) is 46.2 Å². The minimum absolute atomic E-state index is 0.0340. The maximum atomic E-state index is 12.4. The molecule has 1 heterocycles. The molecule has 0 bridgehead atoms. The van der Waals surface area contributed by atoms with Gasteiger partial charge in [0.15, 0.2) is 0 Å². The highest BCUT2D eigenvalue weighted by atomic mass is 32.2. The lowest BCUT2D eigenvalue weighted by Crippen LogP contribution is -2.62. The predicted octanol–water partition coefficient (Wildman–Crippen LogP) is 1.50. The lowest BCUT2D eigenvalue weighted by molar-refractivity contribution is -0.147. The van der Waals surface area contributed by atoms with Gasteiger partial charge in [-0.15, -0.1) is 0 Å². The van der Waals surface area contributed by atoms with Crippen LogP contribution in [0.5, 0.6) is 0 Å². The van der Waals surface area contributed by atoms with Gasteiger partial charge in [-0.2, -0.15) is 11.8 Å². The summed E-state index contributed by atoms with van der Waals surface area (Å²) in [7, 11) is 0. The Kier molecular flexibility index (Phi) is 5.99. The maximum absolute atomic E-state index is 12.4. The number of carbonyl (C=O) groups excluding carboxylic acids is 2. The third kappa shape index (κ3) is 3.64. The average molecular weight is 272 g/mol. The van der Waals surface area contributed by atoms with Crippen LogP contribution in [0, 0.1) is 5.92 Å². The fourth-order valence-corrected chi connectivity index (χ4v) is 2.82. The first kappa shape index (κ1) is 15.3. The second-order valence-corrected chi connectivity index (χ2v) is 6.22. The Balaban J connectivity index is 2.72. The van der Waals surface area contributed by atoms with Gasteiger partial charge in [0, 0.05) is 11.8 Å². The minimum Gasteiger partial charge on any atom is -0.342 e. The van der Waals surface area contributed by atoms with E-state index in [2.05, 4.69) is 12.2 Å². The van der Waals surface area contributed by atoms with Crippen LogP contribution in [-0.4, -0.2) is 46.8 Å². The van der Waals surface area contributed by atoms with Crippen LogP contribution in [0.2, 0.25) is 0 Å². The summed E-state index contributed by atoms with van der Waals surface area (Å²) in [6.07, 6.45) is 0.891. The summed E-state index contributed by atoms with van der Waals surface area (Å²) in [5, 5.41) is 2.82. The number of carbonyl (C=O) groups is 2. The molecule has 3 unspecified atom stereocenters. The number of nitrogens with one attached hydrogen (secondary N) is 1. The van der Waals surface area contributed by atoms with Gasteiger partial charge < -0.3 is 10.2 Å². The monoisotopic (exact) mass is 272 g/mol. The standard InChI is InChI=1S/C13H24N2O2S/c1-5-9(3)12-13(17)15(7-11(16)14-12)10(4)8-18-6-2/h9-10,12H,5-8H2,1-4H3,(H,14,16). The Labute approximate surface area is 114 Å². The molecule has 0 radical (unpaired) electrons. The van der Waals surface area contributed by atoms with Gasteiger partial charge in [-0.3, -0.25) is 9.59 Å². The zero-order valence-corrected chi connectivity index (χ0v) is 12.5. The quantitative estimate of drug-likeness (QED) is 0.797. The average Bonchev–Trinajstić information content (AvgIpc) is 2.37. The van der Waals surface area contributed by atoms with E-state index in [0.29, 0.717) is 0 Å². The van der Waals surface area contributed by atoms with Crippen LogP contribution in [0.15, 0.2) is 0 Å². The molecule has 0 aliphatic carbocycles. The Morgan fingerprint density at radius 2 is 2.06 bits per heavy atom. The van der Waals surface area contributed by atoms with Crippen LogP contribution in [0.4, 0.5) is 0 Å². The molecule has 1 aliphatic rings. The molecule has 0 aromatic heterocycles. The first-order valence-electron chi connectivity index (χ1n) is 6.68. The number of rotatable bonds is 6. The number of piperazine rings is 1. The fourth-order valence-electron chi connectivity index (χ4n) is 2.06. The van der Waals surface area contributed by atoms with Gasteiger partial charge in [-0.25, -0.2) is 0 Å². The third-order valence-corrected chi connectivity index (χ3v) is 4.61. The number of nitrogens with zero attached hydrogens (tertiary/aromatic N) is 1. The molecule has 4 nitrogen and oxygen atoms in total. The third-order valence-electron chi connectivity index (χ3n) is 3.49. The van der Waals surface area contributed by atoms with Crippen LogP contribution < -0.4 is 5.32 Å². The van der Waals surface area contributed by atoms with Crippen LogP contribution >= 0.6 is 11.8 Å². The van der Waals surface area contributed by atoms with Gasteiger partial charge in [-0.1, -0.05) is 27.2 Å². The number of hydrogen-bond donors (Lipinski definition) is 1. The molecule has 0 saturated carbocycles. The molecular weight excluding hydrogens is 248 g/mol. The Bertz CT molecular complexity index is 309. The summed E-state index contributed by atoms with van der Waals surface area (Å²) in [6, 6.07) is -0.217. The molecule has 1 rings (SSSR count). The Hall–Kier alpha value is -0.710. The van der Waals surface area contributed by atoms with Crippen molar-refractivity contribution in [1.82, 2.24) is 10.2 Å². The van der Waals surface area contributed by atoms with Crippen molar-refractivity contribution in [2.75, 3.05) is 18.1 Å². The van der Waals surface area contributed by atoms with Crippen molar-refractivity contribution < 1.29 is 9.59 Å². The SMILES string of the molecule is CCSCC(C)N1CC(=O)NC(C(C)CC)C1=O. The van der Waals surface area contributed by atoms with Crippen molar-refractivity contribution in [2.24, 2.45) is 5.92 Å². The van der Waals surface area contributed by atoms with Gasteiger partial charge in [0.2, 0.25) is 11.8 Å². The Morgan fingerprint density at radius 1 is 1.39 bits per heavy atom. The van der Waals surface area contributed by atoms with Gasteiger partial charge in [0.05, 0.1) is 6.54 Å². The van der Waals surface area contributed by atoms with Crippen molar-refractivity contribution >= 4 is 23.6 Å². The zero-order valence-electron chi connectivity index (χ0n) is 11.7. The molecule has 1 fully saturated rings. The highest BCUT2D eigenvalue weighted by Gasteiger charge is 2.37. The molecule has 18 heavy (non-hydrogen) atoms. The first-order chi connectivity index (χ1) is 8.51. The molecule has 5 heteroatoms. The lowest BCUT2D eigenvalue weighted by Gasteiger charge is -2.38. The molecule has 104 valence electrons. The molecule has 0 aromatic rings. The molecule has 1 aliphatic heterocycles. The maximum Gasteiger partial charge on any atom is 0.246 e. The second-order valence-electron chi connectivity index (χ2n) is 4.91. The highest BCUT2D eigenvalue weighted by molar-refractivity contribution is 7.99. The summed E-state index contributed by atoms with van der Waals surface area (Å²) in [5.74, 6) is 2.16.